The zero-order chi connectivity index (χ0) is 19.8. The number of ketones is 1. The summed E-state index contributed by atoms with van der Waals surface area (Å²) in [7, 11) is 0. The SMILES string of the molecule is CC(=O)c1cccc(NC(=O)COC(=O)c2ccc(COC(C)C)cc2)c1. The lowest BCUT2D eigenvalue weighted by atomic mass is 10.1. The van der Waals surface area contributed by atoms with Crippen molar-refractivity contribution in [1.82, 2.24) is 0 Å². The second kappa shape index (κ2) is 9.64. The summed E-state index contributed by atoms with van der Waals surface area (Å²) in [6.45, 7) is 5.40. The van der Waals surface area contributed by atoms with Crippen LogP contribution in [0.3, 0.4) is 0 Å². The first-order chi connectivity index (χ1) is 12.8. The van der Waals surface area contributed by atoms with Crippen LogP contribution in [0.25, 0.3) is 0 Å². The third-order valence-corrected chi connectivity index (χ3v) is 3.66. The van der Waals surface area contributed by atoms with Gasteiger partial charge in [0.1, 0.15) is 0 Å². The van der Waals surface area contributed by atoms with Gasteiger partial charge in [0.15, 0.2) is 12.4 Å². The van der Waals surface area contributed by atoms with Gasteiger partial charge in [-0.1, -0.05) is 24.3 Å². The van der Waals surface area contributed by atoms with E-state index in [1.165, 1.54) is 6.92 Å². The van der Waals surface area contributed by atoms with Crippen molar-refractivity contribution in [3.8, 4) is 0 Å². The number of benzene rings is 2. The zero-order valence-electron chi connectivity index (χ0n) is 15.7. The predicted molar refractivity (Wildman–Crippen MR) is 102 cm³/mol. The third kappa shape index (κ3) is 6.67. The fourth-order valence-corrected chi connectivity index (χ4v) is 2.23. The maximum Gasteiger partial charge on any atom is 0.338 e. The Morgan fingerprint density at radius 3 is 2.33 bits per heavy atom. The average Bonchev–Trinajstić information content (AvgIpc) is 2.65. The van der Waals surface area contributed by atoms with E-state index >= 15 is 0 Å². The minimum atomic E-state index is -0.584. The summed E-state index contributed by atoms with van der Waals surface area (Å²) in [5.74, 6) is -1.16. The van der Waals surface area contributed by atoms with Gasteiger partial charge < -0.3 is 14.8 Å². The number of Topliss-reactive ketones (excluding diaryl/α,β-unsaturated/α-hetero) is 1. The maximum atomic E-state index is 12.0. The molecule has 27 heavy (non-hydrogen) atoms. The highest BCUT2D eigenvalue weighted by molar-refractivity contribution is 5.98. The van der Waals surface area contributed by atoms with Gasteiger partial charge in [-0.3, -0.25) is 9.59 Å². The number of ether oxygens (including phenoxy) is 2. The fourth-order valence-electron chi connectivity index (χ4n) is 2.23. The van der Waals surface area contributed by atoms with E-state index in [1.54, 1.807) is 48.5 Å². The van der Waals surface area contributed by atoms with Crippen molar-refractivity contribution in [3.05, 3.63) is 65.2 Å². The van der Waals surface area contributed by atoms with Crippen LogP contribution in [-0.4, -0.2) is 30.4 Å². The molecule has 2 aromatic carbocycles. The molecule has 2 aromatic rings. The molecule has 0 saturated carbocycles. The number of nitrogens with one attached hydrogen (secondary N) is 1. The molecule has 0 radical (unpaired) electrons. The van der Waals surface area contributed by atoms with Gasteiger partial charge in [-0.2, -0.15) is 0 Å². The van der Waals surface area contributed by atoms with Crippen LogP contribution in [0.1, 0.15) is 47.1 Å². The van der Waals surface area contributed by atoms with E-state index in [0.717, 1.165) is 5.56 Å². The van der Waals surface area contributed by atoms with Crippen LogP contribution in [0.2, 0.25) is 0 Å². The molecule has 0 fully saturated rings. The van der Waals surface area contributed by atoms with Crippen molar-refractivity contribution in [2.75, 3.05) is 11.9 Å². The Balaban J connectivity index is 1.85. The van der Waals surface area contributed by atoms with Crippen molar-refractivity contribution in [1.29, 1.82) is 0 Å². The molecule has 6 nitrogen and oxygen atoms in total. The molecule has 0 aliphatic carbocycles. The Kier molecular flexibility index (Phi) is 7.25. The molecule has 6 heteroatoms. The molecule has 0 bridgehead atoms. The highest BCUT2D eigenvalue weighted by atomic mass is 16.5. The van der Waals surface area contributed by atoms with E-state index in [9.17, 15) is 14.4 Å². The van der Waals surface area contributed by atoms with E-state index < -0.39 is 18.5 Å². The molecule has 0 spiro atoms. The quantitative estimate of drug-likeness (QED) is 0.568. The summed E-state index contributed by atoms with van der Waals surface area (Å²) in [4.78, 5) is 35.4. The molecule has 142 valence electrons. The summed E-state index contributed by atoms with van der Waals surface area (Å²) in [5.41, 5.74) is 2.27. The second-order valence-corrected chi connectivity index (χ2v) is 6.32. The maximum absolute atomic E-state index is 12.0. The van der Waals surface area contributed by atoms with Crippen LogP contribution < -0.4 is 5.32 Å². The molecular formula is C21H23NO5. The summed E-state index contributed by atoms with van der Waals surface area (Å²) in [5, 5.41) is 2.60. The minimum Gasteiger partial charge on any atom is -0.452 e. The van der Waals surface area contributed by atoms with Crippen LogP contribution in [0.5, 0.6) is 0 Å². The van der Waals surface area contributed by atoms with Gasteiger partial charge in [-0.25, -0.2) is 4.79 Å². The Bertz CT molecular complexity index is 812. The standard InChI is InChI=1S/C21H23NO5/c1-14(2)26-12-16-7-9-17(10-8-16)21(25)27-13-20(24)22-19-6-4-5-18(11-19)15(3)23/h4-11,14H,12-13H2,1-3H3,(H,22,24). The van der Waals surface area contributed by atoms with E-state index in [-0.39, 0.29) is 11.9 Å². The molecule has 0 aromatic heterocycles. The lowest BCUT2D eigenvalue weighted by Gasteiger charge is -2.09. The van der Waals surface area contributed by atoms with Crippen LogP contribution >= 0.6 is 0 Å². The first-order valence-corrected chi connectivity index (χ1v) is 8.63. The fraction of sp³-hybridized carbons (Fsp3) is 0.286. The van der Waals surface area contributed by atoms with Crippen molar-refractivity contribution in [3.63, 3.8) is 0 Å². The van der Waals surface area contributed by atoms with Crippen molar-refractivity contribution in [2.24, 2.45) is 0 Å². The van der Waals surface area contributed by atoms with Gasteiger partial charge in [0.05, 0.1) is 18.3 Å². The number of amides is 1. The van der Waals surface area contributed by atoms with Crippen molar-refractivity contribution >= 4 is 23.3 Å². The van der Waals surface area contributed by atoms with E-state index in [2.05, 4.69) is 5.32 Å². The molecular weight excluding hydrogens is 346 g/mol. The Morgan fingerprint density at radius 1 is 1.00 bits per heavy atom. The lowest BCUT2D eigenvalue weighted by molar-refractivity contribution is -0.119. The molecule has 0 unspecified atom stereocenters. The second-order valence-electron chi connectivity index (χ2n) is 6.32. The lowest BCUT2D eigenvalue weighted by Crippen LogP contribution is -2.21. The number of esters is 1. The van der Waals surface area contributed by atoms with Crippen molar-refractivity contribution in [2.45, 2.75) is 33.5 Å². The summed E-state index contributed by atoms with van der Waals surface area (Å²) in [6.07, 6.45) is 0.129. The summed E-state index contributed by atoms with van der Waals surface area (Å²) >= 11 is 0. The number of rotatable bonds is 8. The smallest absolute Gasteiger partial charge is 0.338 e. The van der Waals surface area contributed by atoms with Gasteiger partial charge in [0.25, 0.3) is 5.91 Å². The van der Waals surface area contributed by atoms with Crippen LogP contribution in [0.4, 0.5) is 5.69 Å². The topological polar surface area (TPSA) is 81.7 Å². The van der Waals surface area contributed by atoms with Crippen LogP contribution in [-0.2, 0) is 20.9 Å². The van der Waals surface area contributed by atoms with E-state index in [4.69, 9.17) is 9.47 Å². The van der Waals surface area contributed by atoms with E-state index in [1.807, 2.05) is 13.8 Å². The number of carbonyl (C=O) groups is 3. The van der Waals surface area contributed by atoms with E-state index in [0.29, 0.717) is 23.4 Å². The third-order valence-electron chi connectivity index (χ3n) is 3.66. The van der Waals surface area contributed by atoms with Crippen LogP contribution in [0, 0.1) is 0 Å². The van der Waals surface area contributed by atoms with Gasteiger partial charge in [0, 0.05) is 11.3 Å². The highest BCUT2D eigenvalue weighted by Gasteiger charge is 2.11. The molecule has 0 aliphatic heterocycles. The monoisotopic (exact) mass is 369 g/mol. The largest absolute Gasteiger partial charge is 0.452 e. The first-order valence-electron chi connectivity index (χ1n) is 8.63. The predicted octanol–water partition coefficient (Wildman–Crippen LogP) is 3.61. The molecule has 0 saturated heterocycles. The minimum absolute atomic E-state index is 0.0974. The molecule has 1 amide bonds. The highest BCUT2D eigenvalue weighted by Crippen LogP contribution is 2.12. The van der Waals surface area contributed by atoms with Crippen molar-refractivity contribution < 1.29 is 23.9 Å². The molecule has 2 rings (SSSR count). The number of carbonyl (C=O) groups excluding carboxylic acids is 3. The normalized spacial score (nSPS) is 10.5. The zero-order valence-corrected chi connectivity index (χ0v) is 15.7. The summed E-state index contributed by atoms with van der Waals surface area (Å²) < 4.78 is 10.5. The molecule has 0 aliphatic rings. The Morgan fingerprint density at radius 2 is 1.70 bits per heavy atom. The van der Waals surface area contributed by atoms with Crippen LogP contribution in [0.15, 0.2) is 48.5 Å². The Hall–Kier alpha value is -2.99. The first kappa shape index (κ1) is 20.3. The van der Waals surface area contributed by atoms with Gasteiger partial charge >= 0.3 is 5.97 Å². The number of anilines is 1. The summed E-state index contributed by atoms with van der Waals surface area (Å²) in [6, 6.07) is 13.4. The Labute approximate surface area is 158 Å². The molecule has 1 N–H and O–H groups in total. The van der Waals surface area contributed by atoms with Gasteiger partial charge in [-0.15, -0.1) is 0 Å². The molecule has 0 heterocycles. The number of hydrogen-bond donors (Lipinski definition) is 1. The van der Waals surface area contributed by atoms with Gasteiger partial charge in [0.2, 0.25) is 0 Å². The van der Waals surface area contributed by atoms with Gasteiger partial charge in [-0.05, 0) is 50.6 Å². The average molecular weight is 369 g/mol. The number of hydrogen-bond acceptors (Lipinski definition) is 5. The molecule has 0 atom stereocenters.